The lowest BCUT2D eigenvalue weighted by atomic mass is 10.0. The van der Waals surface area contributed by atoms with E-state index in [4.69, 9.17) is 9.47 Å². The number of carbonyl (C=O) groups excluding carboxylic acids is 1. The molecule has 1 atom stereocenters. The van der Waals surface area contributed by atoms with Gasteiger partial charge < -0.3 is 14.8 Å². The molecule has 0 radical (unpaired) electrons. The maximum absolute atomic E-state index is 11.9. The first-order chi connectivity index (χ1) is 14.8. The summed E-state index contributed by atoms with van der Waals surface area (Å²) >= 11 is 1.75. The van der Waals surface area contributed by atoms with Crippen LogP contribution in [0, 0.1) is 0 Å². The summed E-state index contributed by atoms with van der Waals surface area (Å²) in [5.74, 6) is 0.615. The summed E-state index contributed by atoms with van der Waals surface area (Å²) in [5, 5.41) is 5.28. The average Bonchev–Trinajstić information content (AvgIpc) is 3.24. The minimum Gasteiger partial charge on any atom is -0.492 e. The normalized spacial score (nSPS) is 12.4. The lowest BCUT2D eigenvalue weighted by molar-refractivity contribution is -0.153. The zero-order chi connectivity index (χ0) is 22.3. The maximum atomic E-state index is 11.9. The predicted octanol–water partition coefficient (Wildman–Crippen LogP) is 5.70. The Balaban J connectivity index is 1.66. The Labute approximate surface area is 189 Å². The molecule has 0 aliphatic rings. The first kappa shape index (κ1) is 23.0. The average molecular weight is 438 g/mol. The molecule has 0 fully saturated rings. The van der Waals surface area contributed by atoms with Gasteiger partial charge in [0.25, 0.3) is 0 Å². The molecule has 0 aliphatic carbocycles. The summed E-state index contributed by atoms with van der Waals surface area (Å²) in [6, 6.07) is 21.0. The van der Waals surface area contributed by atoms with Crippen LogP contribution in [0.15, 0.2) is 66.0 Å². The zero-order valence-electron chi connectivity index (χ0n) is 18.7. The number of thiophene rings is 1. The molecular formula is C26H31NO3S. The first-order valence-corrected chi connectivity index (χ1v) is 11.5. The molecule has 0 amide bonds. The fourth-order valence-electron chi connectivity index (χ4n) is 3.18. The molecule has 31 heavy (non-hydrogen) atoms. The van der Waals surface area contributed by atoms with Gasteiger partial charge in [0.15, 0.2) is 0 Å². The van der Waals surface area contributed by atoms with Crippen molar-refractivity contribution in [3.8, 4) is 16.9 Å². The largest absolute Gasteiger partial charge is 0.492 e. The molecule has 0 aliphatic heterocycles. The third kappa shape index (κ3) is 7.53. The van der Waals surface area contributed by atoms with E-state index in [0.717, 1.165) is 17.7 Å². The van der Waals surface area contributed by atoms with Gasteiger partial charge in [0, 0.05) is 17.3 Å². The lowest BCUT2D eigenvalue weighted by Crippen LogP contribution is -2.38. The van der Waals surface area contributed by atoms with Crippen LogP contribution in [0.25, 0.3) is 11.1 Å². The molecule has 1 N–H and O–H groups in total. The lowest BCUT2D eigenvalue weighted by Gasteiger charge is -2.21. The van der Waals surface area contributed by atoms with Crippen molar-refractivity contribution in [2.45, 2.75) is 45.8 Å². The van der Waals surface area contributed by atoms with E-state index in [9.17, 15) is 4.79 Å². The van der Waals surface area contributed by atoms with Gasteiger partial charge in [-0.15, -0.1) is 11.3 Å². The molecule has 3 aromatic rings. The Morgan fingerprint density at radius 2 is 1.81 bits per heavy atom. The molecule has 4 nitrogen and oxygen atoms in total. The Morgan fingerprint density at radius 1 is 1.03 bits per heavy atom. The zero-order valence-corrected chi connectivity index (χ0v) is 19.5. The Bertz CT molecular complexity index is 962. The van der Waals surface area contributed by atoms with Crippen LogP contribution in [0.2, 0.25) is 0 Å². The van der Waals surface area contributed by atoms with Crippen LogP contribution in [0.4, 0.5) is 0 Å². The second-order valence-corrected chi connectivity index (χ2v) is 9.66. The van der Waals surface area contributed by atoms with E-state index in [0.29, 0.717) is 6.61 Å². The molecule has 0 saturated heterocycles. The van der Waals surface area contributed by atoms with Crippen molar-refractivity contribution in [3.05, 3.63) is 76.5 Å². The topological polar surface area (TPSA) is 47.6 Å². The van der Waals surface area contributed by atoms with Gasteiger partial charge in [0.2, 0.25) is 0 Å². The molecule has 164 valence electrons. The Hall–Kier alpha value is -2.63. The van der Waals surface area contributed by atoms with E-state index in [2.05, 4.69) is 59.2 Å². The standard InChI is InChI=1S/C26H31NO3S/c1-19(27-17-25(28)30-26(2,3)4)18-29-24-13-12-21(20-9-6-5-7-10-20)15-22(24)16-23-11-8-14-31-23/h5-15,19,27H,16-18H2,1-4H3. The van der Waals surface area contributed by atoms with Gasteiger partial charge in [-0.3, -0.25) is 4.79 Å². The minimum atomic E-state index is -0.476. The highest BCUT2D eigenvalue weighted by Gasteiger charge is 2.17. The van der Waals surface area contributed by atoms with E-state index < -0.39 is 5.60 Å². The van der Waals surface area contributed by atoms with Gasteiger partial charge in [-0.05, 0) is 68.0 Å². The second kappa shape index (κ2) is 10.6. The van der Waals surface area contributed by atoms with Crippen LogP contribution in [0.1, 0.15) is 38.1 Å². The monoisotopic (exact) mass is 437 g/mol. The number of ether oxygens (including phenoxy) is 2. The molecule has 2 aromatic carbocycles. The Kier molecular flexibility index (Phi) is 7.88. The highest BCUT2D eigenvalue weighted by Crippen LogP contribution is 2.29. The van der Waals surface area contributed by atoms with Gasteiger partial charge in [-0.2, -0.15) is 0 Å². The van der Waals surface area contributed by atoms with E-state index in [1.54, 1.807) is 11.3 Å². The van der Waals surface area contributed by atoms with Gasteiger partial charge in [0.1, 0.15) is 18.0 Å². The SMILES string of the molecule is CC(COc1ccc(-c2ccccc2)cc1Cc1cccs1)NCC(=O)OC(C)(C)C. The van der Waals surface area contributed by atoms with Crippen molar-refractivity contribution in [1.29, 1.82) is 0 Å². The van der Waals surface area contributed by atoms with Crippen molar-refractivity contribution in [3.63, 3.8) is 0 Å². The van der Waals surface area contributed by atoms with Gasteiger partial charge in [-0.25, -0.2) is 0 Å². The van der Waals surface area contributed by atoms with E-state index in [1.807, 2.05) is 39.8 Å². The van der Waals surface area contributed by atoms with Crippen LogP contribution < -0.4 is 10.1 Å². The molecule has 1 aromatic heterocycles. The van der Waals surface area contributed by atoms with Crippen LogP contribution >= 0.6 is 11.3 Å². The molecule has 1 unspecified atom stereocenters. The van der Waals surface area contributed by atoms with Crippen molar-refractivity contribution < 1.29 is 14.3 Å². The molecular weight excluding hydrogens is 406 g/mol. The third-order valence-corrected chi connectivity index (χ3v) is 5.49. The summed E-state index contributed by atoms with van der Waals surface area (Å²) in [7, 11) is 0. The fraction of sp³-hybridized carbons (Fsp3) is 0.346. The van der Waals surface area contributed by atoms with Crippen LogP contribution in [0.5, 0.6) is 5.75 Å². The predicted molar refractivity (Wildman–Crippen MR) is 128 cm³/mol. The smallest absolute Gasteiger partial charge is 0.320 e. The second-order valence-electron chi connectivity index (χ2n) is 8.62. The van der Waals surface area contributed by atoms with Gasteiger partial charge in [-0.1, -0.05) is 42.5 Å². The third-order valence-electron chi connectivity index (χ3n) is 4.62. The first-order valence-electron chi connectivity index (χ1n) is 10.6. The molecule has 0 bridgehead atoms. The van der Waals surface area contributed by atoms with Crippen LogP contribution in [-0.4, -0.2) is 30.8 Å². The summed E-state index contributed by atoms with van der Waals surface area (Å²) in [6.07, 6.45) is 0.827. The quantitative estimate of drug-likeness (QED) is 0.436. The number of nitrogens with one attached hydrogen (secondary N) is 1. The highest BCUT2D eigenvalue weighted by atomic mass is 32.1. The van der Waals surface area contributed by atoms with Gasteiger partial charge in [0.05, 0.1) is 6.54 Å². The number of hydrogen-bond donors (Lipinski definition) is 1. The van der Waals surface area contributed by atoms with Crippen molar-refractivity contribution in [1.82, 2.24) is 5.32 Å². The minimum absolute atomic E-state index is 0.0101. The van der Waals surface area contributed by atoms with Crippen molar-refractivity contribution >= 4 is 17.3 Å². The molecule has 3 rings (SSSR count). The number of carbonyl (C=O) groups is 1. The van der Waals surface area contributed by atoms with E-state index >= 15 is 0 Å². The highest BCUT2D eigenvalue weighted by molar-refractivity contribution is 7.09. The van der Waals surface area contributed by atoms with E-state index in [1.165, 1.54) is 16.0 Å². The van der Waals surface area contributed by atoms with Gasteiger partial charge >= 0.3 is 5.97 Å². The molecule has 5 heteroatoms. The summed E-state index contributed by atoms with van der Waals surface area (Å²) < 4.78 is 11.5. The molecule has 1 heterocycles. The summed E-state index contributed by atoms with van der Waals surface area (Å²) in [4.78, 5) is 13.2. The maximum Gasteiger partial charge on any atom is 0.320 e. The van der Waals surface area contributed by atoms with E-state index in [-0.39, 0.29) is 18.6 Å². The van der Waals surface area contributed by atoms with Crippen LogP contribution in [-0.2, 0) is 16.0 Å². The molecule has 0 saturated carbocycles. The fourth-order valence-corrected chi connectivity index (χ4v) is 3.91. The number of esters is 1. The number of benzene rings is 2. The Morgan fingerprint density at radius 3 is 2.48 bits per heavy atom. The van der Waals surface area contributed by atoms with Crippen molar-refractivity contribution in [2.24, 2.45) is 0 Å². The number of hydrogen-bond acceptors (Lipinski definition) is 5. The number of rotatable bonds is 9. The van der Waals surface area contributed by atoms with Crippen LogP contribution in [0.3, 0.4) is 0 Å². The molecule has 0 spiro atoms. The van der Waals surface area contributed by atoms with Crippen molar-refractivity contribution in [2.75, 3.05) is 13.2 Å². The summed E-state index contributed by atoms with van der Waals surface area (Å²) in [5.41, 5.74) is 3.04. The summed E-state index contributed by atoms with van der Waals surface area (Å²) in [6.45, 7) is 8.23.